The Hall–Kier alpha value is -1.89. The van der Waals surface area contributed by atoms with E-state index in [1.807, 2.05) is 6.92 Å². The second-order valence-corrected chi connectivity index (χ2v) is 5.50. The van der Waals surface area contributed by atoms with E-state index in [0.717, 1.165) is 5.56 Å². The molecule has 0 aliphatic rings. The molecule has 0 aliphatic heterocycles. The van der Waals surface area contributed by atoms with Crippen LogP contribution >= 0.6 is 11.6 Å². The molecular weight excluding hydrogens is 308 g/mol. The molecule has 1 aromatic heterocycles. The first-order chi connectivity index (χ1) is 10.5. The summed E-state index contributed by atoms with van der Waals surface area (Å²) in [4.78, 5) is 10.3. The number of hydrogen-bond donors (Lipinski definition) is 2. The Morgan fingerprint density at radius 1 is 1.45 bits per heavy atom. The summed E-state index contributed by atoms with van der Waals surface area (Å²) in [5.41, 5.74) is 0.652. The molecule has 0 bridgehead atoms. The van der Waals surface area contributed by atoms with Crippen LogP contribution in [0.1, 0.15) is 30.8 Å². The Morgan fingerprint density at radius 2 is 2.23 bits per heavy atom. The number of aliphatic hydroxyl groups excluding tert-OH is 1. The number of nitro benzene ring substituents is 1. The third kappa shape index (κ3) is 4.30. The van der Waals surface area contributed by atoms with Gasteiger partial charge in [-0.1, -0.05) is 17.7 Å². The lowest BCUT2D eigenvalue weighted by Crippen LogP contribution is -2.27. The highest BCUT2D eigenvalue weighted by Crippen LogP contribution is 2.25. The Kier molecular flexibility index (Phi) is 5.54. The van der Waals surface area contributed by atoms with Crippen molar-refractivity contribution in [2.75, 3.05) is 0 Å². The summed E-state index contributed by atoms with van der Waals surface area (Å²) in [6, 6.07) is 8.15. The maximum Gasteiger partial charge on any atom is 0.288 e. The van der Waals surface area contributed by atoms with Crippen molar-refractivity contribution < 1.29 is 14.4 Å². The number of furan rings is 1. The van der Waals surface area contributed by atoms with Crippen molar-refractivity contribution in [2.24, 2.45) is 0 Å². The normalized spacial score (nSPS) is 13.8. The maximum atomic E-state index is 10.8. The van der Waals surface area contributed by atoms with Crippen LogP contribution in [0, 0.1) is 10.1 Å². The van der Waals surface area contributed by atoms with E-state index in [-0.39, 0.29) is 16.8 Å². The van der Waals surface area contributed by atoms with Crippen LogP contribution in [-0.4, -0.2) is 16.1 Å². The van der Waals surface area contributed by atoms with Crippen molar-refractivity contribution in [1.82, 2.24) is 5.32 Å². The minimum Gasteiger partial charge on any atom is -0.467 e. The molecule has 0 saturated carbocycles. The van der Waals surface area contributed by atoms with E-state index in [9.17, 15) is 15.2 Å². The molecule has 2 aromatic rings. The largest absolute Gasteiger partial charge is 0.467 e. The average Bonchev–Trinajstić information content (AvgIpc) is 3.00. The zero-order valence-corrected chi connectivity index (χ0v) is 12.8. The molecule has 1 aromatic carbocycles. The first-order valence-corrected chi connectivity index (χ1v) is 7.23. The van der Waals surface area contributed by atoms with Gasteiger partial charge in [-0.15, -0.1) is 0 Å². The SMILES string of the molecule is CC(CC(O)c1ccco1)NCc1ccc(Cl)c([N+](=O)[O-])c1. The topological polar surface area (TPSA) is 88.5 Å². The van der Waals surface area contributed by atoms with Crippen LogP contribution in [0.25, 0.3) is 0 Å². The van der Waals surface area contributed by atoms with Gasteiger partial charge in [-0.2, -0.15) is 0 Å². The summed E-state index contributed by atoms with van der Waals surface area (Å²) < 4.78 is 5.15. The van der Waals surface area contributed by atoms with E-state index < -0.39 is 11.0 Å². The van der Waals surface area contributed by atoms with E-state index in [2.05, 4.69) is 5.32 Å². The van der Waals surface area contributed by atoms with Crippen molar-refractivity contribution in [3.05, 3.63) is 63.1 Å². The fourth-order valence-corrected chi connectivity index (χ4v) is 2.30. The predicted molar refractivity (Wildman–Crippen MR) is 82.7 cm³/mol. The van der Waals surface area contributed by atoms with Gasteiger partial charge in [0.15, 0.2) is 0 Å². The van der Waals surface area contributed by atoms with E-state index in [0.29, 0.717) is 18.7 Å². The number of halogens is 1. The molecule has 0 saturated heterocycles. The number of hydrogen-bond acceptors (Lipinski definition) is 5. The number of benzene rings is 1. The summed E-state index contributed by atoms with van der Waals surface area (Å²) >= 11 is 5.77. The maximum absolute atomic E-state index is 10.8. The molecule has 2 unspecified atom stereocenters. The first kappa shape index (κ1) is 16.5. The van der Waals surface area contributed by atoms with Crippen molar-refractivity contribution in [1.29, 1.82) is 0 Å². The quantitative estimate of drug-likeness (QED) is 0.601. The number of nitrogens with zero attached hydrogens (tertiary/aromatic N) is 1. The first-order valence-electron chi connectivity index (χ1n) is 6.85. The second-order valence-electron chi connectivity index (χ2n) is 5.09. The zero-order valence-electron chi connectivity index (χ0n) is 12.0. The van der Waals surface area contributed by atoms with Crippen LogP contribution in [0.5, 0.6) is 0 Å². The Balaban J connectivity index is 1.89. The summed E-state index contributed by atoms with van der Waals surface area (Å²) in [5.74, 6) is 0.524. The Morgan fingerprint density at radius 3 is 2.86 bits per heavy atom. The van der Waals surface area contributed by atoms with Crippen molar-refractivity contribution >= 4 is 17.3 Å². The summed E-state index contributed by atoms with van der Waals surface area (Å²) in [5, 5.41) is 24.2. The standard InChI is InChI=1S/C15H17ClN2O4/c1-10(7-14(19)15-3-2-6-22-15)17-9-11-4-5-12(16)13(8-11)18(20)21/h2-6,8,10,14,17,19H,7,9H2,1H3. The number of nitrogens with one attached hydrogen (secondary N) is 1. The van der Waals surface area contributed by atoms with Gasteiger partial charge in [0.05, 0.1) is 11.2 Å². The molecule has 1 heterocycles. The van der Waals surface area contributed by atoms with E-state index >= 15 is 0 Å². The van der Waals surface area contributed by atoms with Crippen LogP contribution in [0.2, 0.25) is 5.02 Å². The molecule has 7 heteroatoms. The lowest BCUT2D eigenvalue weighted by molar-refractivity contribution is -0.384. The fourth-order valence-electron chi connectivity index (χ4n) is 2.12. The minimum absolute atomic E-state index is 0.00911. The molecule has 2 N–H and O–H groups in total. The van der Waals surface area contributed by atoms with Gasteiger partial charge in [-0.05, 0) is 37.1 Å². The van der Waals surface area contributed by atoms with Crippen LogP contribution in [0.3, 0.4) is 0 Å². The van der Waals surface area contributed by atoms with Gasteiger partial charge in [0.2, 0.25) is 0 Å². The molecular formula is C15H17ClN2O4. The lowest BCUT2D eigenvalue weighted by atomic mass is 10.1. The third-order valence-corrected chi connectivity index (χ3v) is 3.63. The van der Waals surface area contributed by atoms with Crippen molar-refractivity contribution in [3.8, 4) is 0 Å². The van der Waals surface area contributed by atoms with Crippen LogP contribution < -0.4 is 5.32 Å². The summed E-state index contributed by atoms with van der Waals surface area (Å²) in [6.45, 7) is 2.38. The van der Waals surface area contributed by atoms with Gasteiger partial charge in [-0.25, -0.2) is 0 Å². The van der Waals surface area contributed by atoms with Gasteiger partial charge < -0.3 is 14.8 Å². The molecule has 2 rings (SSSR count). The predicted octanol–water partition coefficient (Wildman–Crippen LogP) is 3.44. The highest BCUT2D eigenvalue weighted by Gasteiger charge is 2.16. The average molecular weight is 325 g/mol. The van der Waals surface area contributed by atoms with Gasteiger partial charge in [0.25, 0.3) is 5.69 Å². The Labute approximate surface area is 132 Å². The molecule has 2 atom stereocenters. The van der Waals surface area contributed by atoms with Gasteiger partial charge in [-0.3, -0.25) is 10.1 Å². The van der Waals surface area contributed by atoms with Gasteiger partial charge in [0.1, 0.15) is 16.9 Å². The number of rotatable bonds is 7. The minimum atomic E-state index is -0.683. The monoisotopic (exact) mass is 324 g/mol. The van der Waals surface area contributed by atoms with E-state index in [1.54, 1.807) is 18.2 Å². The molecule has 0 fully saturated rings. The highest BCUT2D eigenvalue weighted by molar-refractivity contribution is 6.32. The third-order valence-electron chi connectivity index (χ3n) is 3.31. The van der Waals surface area contributed by atoms with Crippen molar-refractivity contribution in [2.45, 2.75) is 32.0 Å². The molecule has 6 nitrogen and oxygen atoms in total. The number of nitro groups is 1. The molecule has 22 heavy (non-hydrogen) atoms. The van der Waals surface area contributed by atoms with Crippen LogP contribution in [0.15, 0.2) is 41.0 Å². The highest BCUT2D eigenvalue weighted by atomic mass is 35.5. The van der Waals surface area contributed by atoms with Crippen molar-refractivity contribution in [3.63, 3.8) is 0 Å². The molecule has 0 amide bonds. The molecule has 0 aliphatic carbocycles. The smallest absolute Gasteiger partial charge is 0.288 e. The van der Waals surface area contributed by atoms with Gasteiger partial charge >= 0.3 is 0 Å². The van der Waals surface area contributed by atoms with E-state index in [4.69, 9.17) is 16.0 Å². The molecule has 0 spiro atoms. The summed E-state index contributed by atoms with van der Waals surface area (Å²) in [7, 11) is 0. The fraction of sp³-hybridized carbons (Fsp3) is 0.333. The van der Waals surface area contributed by atoms with E-state index in [1.165, 1.54) is 18.4 Å². The molecule has 0 radical (unpaired) electrons. The van der Waals surface area contributed by atoms with Crippen LogP contribution in [-0.2, 0) is 6.54 Å². The van der Waals surface area contributed by atoms with Gasteiger partial charge in [0, 0.05) is 18.7 Å². The Bertz CT molecular complexity index is 630. The molecule has 118 valence electrons. The van der Waals surface area contributed by atoms with Crippen LogP contribution in [0.4, 0.5) is 5.69 Å². The second kappa shape index (κ2) is 7.40. The lowest BCUT2D eigenvalue weighted by Gasteiger charge is -2.16. The number of aliphatic hydroxyl groups is 1. The summed E-state index contributed by atoms with van der Waals surface area (Å²) in [6.07, 6.45) is 1.31. The zero-order chi connectivity index (χ0) is 16.1.